The molecule has 11 aromatic carbocycles. The van der Waals surface area contributed by atoms with Crippen molar-refractivity contribution in [3.8, 4) is 33.4 Å². The average Bonchev–Trinajstić information content (AvgIpc) is 3.92. The fraction of sp³-hybridized carbons (Fsp3) is 0.0159. The van der Waals surface area contributed by atoms with E-state index in [-0.39, 0.29) is 0 Å². The van der Waals surface area contributed by atoms with Gasteiger partial charge in [0.15, 0.2) is 0 Å². The van der Waals surface area contributed by atoms with Crippen LogP contribution in [0.1, 0.15) is 22.3 Å². The van der Waals surface area contributed by atoms with E-state index in [4.69, 9.17) is 4.42 Å². The second kappa shape index (κ2) is 14.8. The van der Waals surface area contributed by atoms with Gasteiger partial charge in [0.25, 0.3) is 0 Å². The first kappa shape index (κ1) is 37.1. The predicted octanol–water partition coefficient (Wildman–Crippen LogP) is 17.1. The van der Waals surface area contributed by atoms with Crippen LogP contribution in [0, 0.1) is 0 Å². The van der Waals surface area contributed by atoms with Crippen LogP contribution in [0.5, 0.6) is 0 Å². The van der Waals surface area contributed by atoms with Crippen molar-refractivity contribution in [1.29, 1.82) is 0 Å². The Morgan fingerprint density at radius 3 is 1.65 bits per heavy atom. The lowest BCUT2D eigenvalue weighted by atomic mass is 9.67. The van der Waals surface area contributed by atoms with Gasteiger partial charge in [-0.2, -0.15) is 0 Å². The smallest absolute Gasteiger partial charge is 0.143 e. The van der Waals surface area contributed by atoms with Gasteiger partial charge in [-0.1, -0.05) is 194 Å². The fourth-order valence-electron chi connectivity index (χ4n) is 10.8. The zero-order valence-corrected chi connectivity index (χ0v) is 35.5. The van der Waals surface area contributed by atoms with E-state index in [0.717, 1.165) is 55.5 Å². The molecule has 2 nitrogen and oxygen atoms in total. The Kier molecular flexibility index (Phi) is 8.47. The quantitative estimate of drug-likeness (QED) is 0.159. The fourth-order valence-corrected chi connectivity index (χ4v) is 10.8. The van der Waals surface area contributed by atoms with Crippen LogP contribution in [-0.2, 0) is 5.41 Å². The van der Waals surface area contributed by atoms with Crippen molar-refractivity contribution in [1.82, 2.24) is 0 Å². The highest BCUT2D eigenvalue weighted by atomic mass is 16.3. The summed E-state index contributed by atoms with van der Waals surface area (Å²) in [6.07, 6.45) is 0. The molecular formula is C63H41NO. The number of anilines is 3. The zero-order valence-electron chi connectivity index (χ0n) is 35.5. The maximum atomic E-state index is 6.60. The third-order valence-corrected chi connectivity index (χ3v) is 13.7. The molecule has 0 amide bonds. The number of hydrogen-bond donors (Lipinski definition) is 0. The molecule has 0 N–H and O–H groups in total. The Labute approximate surface area is 377 Å². The third-order valence-electron chi connectivity index (χ3n) is 13.7. The molecule has 1 aliphatic carbocycles. The molecule has 1 heterocycles. The number of furan rings is 1. The number of rotatable bonds is 7. The molecule has 0 saturated heterocycles. The van der Waals surface area contributed by atoms with Gasteiger partial charge in [0, 0.05) is 33.2 Å². The summed E-state index contributed by atoms with van der Waals surface area (Å²) in [6, 6.07) is 90.9. The van der Waals surface area contributed by atoms with Crippen molar-refractivity contribution in [2.24, 2.45) is 0 Å². The van der Waals surface area contributed by atoms with E-state index < -0.39 is 5.41 Å². The molecule has 65 heavy (non-hydrogen) atoms. The minimum atomic E-state index is -0.517. The van der Waals surface area contributed by atoms with E-state index in [2.05, 4.69) is 254 Å². The minimum Gasteiger partial charge on any atom is -0.455 e. The molecule has 1 aromatic heterocycles. The average molecular weight is 828 g/mol. The van der Waals surface area contributed by atoms with Crippen molar-refractivity contribution in [2.45, 2.75) is 5.41 Å². The normalized spacial score (nSPS) is 12.7. The summed E-state index contributed by atoms with van der Waals surface area (Å²) in [5, 5.41) is 7.06. The van der Waals surface area contributed by atoms with E-state index in [0.29, 0.717) is 0 Å². The first-order chi connectivity index (χ1) is 32.2. The summed E-state index contributed by atoms with van der Waals surface area (Å²) in [6.45, 7) is 0. The topological polar surface area (TPSA) is 16.4 Å². The van der Waals surface area contributed by atoms with Crippen LogP contribution in [0.4, 0.5) is 17.1 Å². The van der Waals surface area contributed by atoms with Gasteiger partial charge in [0.2, 0.25) is 0 Å². The molecular weight excluding hydrogens is 787 g/mol. The molecule has 2 heteroatoms. The van der Waals surface area contributed by atoms with Gasteiger partial charge in [-0.3, -0.25) is 0 Å². The van der Waals surface area contributed by atoms with Crippen LogP contribution >= 0.6 is 0 Å². The van der Waals surface area contributed by atoms with Crippen LogP contribution < -0.4 is 4.90 Å². The number of benzene rings is 11. The van der Waals surface area contributed by atoms with Gasteiger partial charge in [0.05, 0.1) is 5.41 Å². The van der Waals surface area contributed by atoms with Gasteiger partial charge >= 0.3 is 0 Å². The van der Waals surface area contributed by atoms with Crippen LogP contribution in [0.25, 0.3) is 76.9 Å². The predicted molar refractivity (Wildman–Crippen MR) is 272 cm³/mol. The maximum Gasteiger partial charge on any atom is 0.143 e. The van der Waals surface area contributed by atoms with E-state index in [1.165, 1.54) is 60.7 Å². The molecule has 1 aliphatic rings. The summed E-state index contributed by atoms with van der Waals surface area (Å²) < 4.78 is 6.60. The second-order valence-corrected chi connectivity index (χ2v) is 17.2. The largest absolute Gasteiger partial charge is 0.455 e. The molecule has 304 valence electrons. The molecule has 13 rings (SSSR count). The number of hydrogen-bond acceptors (Lipinski definition) is 2. The van der Waals surface area contributed by atoms with Crippen LogP contribution in [-0.4, -0.2) is 0 Å². The Morgan fingerprint density at radius 2 is 0.892 bits per heavy atom. The van der Waals surface area contributed by atoms with Gasteiger partial charge in [0.1, 0.15) is 11.2 Å². The molecule has 0 radical (unpaired) electrons. The Balaban J connectivity index is 0.987. The van der Waals surface area contributed by atoms with Gasteiger partial charge in [-0.05, 0) is 126 Å². The van der Waals surface area contributed by atoms with Crippen LogP contribution in [0.15, 0.2) is 253 Å². The zero-order chi connectivity index (χ0) is 42.9. The molecule has 0 aliphatic heterocycles. The lowest BCUT2D eigenvalue weighted by Crippen LogP contribution is -2.28. The van der Waals surface area contributed by atoms with Gasteiger partial charge in [-0.25, -0.2) is 0 Å². The highest BCUT2D eigenvalue weighted by Crippen LogP contribution is 2.57. The second-order valence-electron chi connectivity index (χ2n) is 17.2. The molecule has 0 fully saturated rings. The monoisotopic (exact) mass is 827 g/mol. The van der Waals surface area contributed by atoms with E-state index in [1.807, 2.05) is 0 Å². The van der Waals surface area contributed by atoms with E-state index in [9.17, 15) is 0 Å². The van der Waals surface area contributed by atoms with Crippen LogP contribution in [0.3, 0.4) is 0 Å². The van der Waals surface area contributed by atoms with E-state index in [1.54, 1.807) is 0 Å². The lowest BCUT2D eigenvalue weighted by Gasteiger charge is -2.35. The number of fused-ring (bicyclic) bond motifs is 9. The number of nitrogens with zero attached hydrogens (tertiary/aromatic N) is 1. The minimum absolute atomic E-state index is 0.517. The third kappa shape index (κ3) is 5.81. The summed E-state index contributed by atoms with van der Waals surface area (Å²) in [5.41, 5.74) is 16.8. The Hall–Kier alpha value is -8.46. The van der Waals surface area contributed by atoms with Gasteiger partial charge in [-0.15, -0.1) is 0 Å². The van der Waals surface area contributed by atoms with Crippen molar-refractivity contribution in [3.05, 3.63) is 271 Å². The summed E-state index contributed by atoms with van der Waals surface area (Å²) >= 11 is 0. The molecule has 0 atom stereocenters. The van der Waals surface area contributed by atoms with Crippen LogP contribution in [0.2, 0.25) is 0 Å². The molecule has 0 unspecified atom stereocenters. The molecule has 0 saturated carbocycles. The SMILES string of the molecule is c1ccc(C2(c3ccccc3)c3ccccc3-c3ccc(N(c4ccc(-c5ccc6ccccc6c5)cc4)c4ccc(-c5cccc6oc7c8ccccc8ccc7c56)cc4)cc32)cc1. The molecule has 0 spiro atoms. The molecule has 12 aromatic rings. The lowest BCUT2D eigenvalue weighted by molar-refractivity contribution is 0.673. The maximum absolute atomic E-state index is 6.60. The Bertz CT molecular complexity index is 3710. The summed E-state index contributed by atoms with van der Waals surface area (Å²) in [5.74, 6) is 0. The highest BCUT2D eigenvalue weighted by Gasteiger charge is 2.46. The Morgan fingerprint density at radius 1 is 0.323 bits per heavy atom. The highest BCUT2D eigenvalue weighted by molar-refractivity contribution is 6.19. The van der Waals surface area contributed by atoms with Crippen molar-refractivity contribution in [2.75, 3.05) is 4.90 Å². The standard InChI is InChI=1S/C63H41NO/c1-3-17-48(18-4-1)63(49-19-5-2-6-20-49)58-24-12-11-22-55(58)56-39-37-52(41-59(56)63)64(50-33-28-43(29-34-50)47-27-26-42-14-7-8-16-46(42)40-47)51-35-30-45(31-36-51)53-23-13-25-60-61(53)57-38-32-44-15-9-10-21-54(44)62(57)65-60/h1-41H. The van der Waals surface area contributed by atoms with Gasteiger partial charge < -0.3 is 9.32 Å². The first-order valence-corrected chi connectivity index (χ1v) is 22.4. The first-order valence-electron chi connectivity index (χ1n) is 22.4. The van der Waals surface area contributed by atoms with Crippen molar-refractivity contribution in [3.63, 3.8) is 0 Å². The van der Waals surface area contributed by atoms with Crippen molar-refractivity contribution < 1.29 is 4.42 Å². The van der Waals surface area contributed by atoms with Crippen molar-refractivity contribution >= 4 is 60.5 Å². The molecule has 0 bridgehead atoms. The summed E-state index contributed by atoms with van der Waals surface area (Å²) in [7, 11) is 0. The summed E-state index contributed by atoms with van der Waals surface area (Å²) in [4.78, 5) is 2.41. The van der Waals surface area contributed by atoms with E-state index >= 15 is 0 Å².